The number of likely N-dealkylation sites (tertiary alicyclic amines) is 2. The second-order valence-corrected chi connectivity index (χ2v) is 11.6. The summed E-state index contributed by atoms with van der Waals surface area (Å²) < 4.78 is 0. The van der Waals surface area contributed by atoms with Gasteiger partial charge < -0.3 is 15.1 Å². The van der Waals surface area contributed by atoms with Gasteiger partial charge in [0, 0.05) is 56.0 Å². The minimum Gasteiger partial charge on any atom is -0.357 e. The lowest BCUT2D eigenvalue weighted by atomic mass is 9.84. The number of rotatable bonds is 9. The predicted molar refractivity (Wildman–Crippen MR) is 161 cm³/mol. The van der Waals surface area contributed by atoms with Crippen molar-refractivity contribution in [3.8, 4) is 6.07 Å². The highest BCUT2D eigenvalue weighted by Crippen LogP contribution is 2.46. The van der Waals surface area contributed by atoms with Crippen molar-refractivity contribution in [2.75, 3.05) is 57.3 Å². The number of fused-ring (bicyclic) bond motifs is 1. The molecule has 4 aliphatic rings. The number of hydrogen-bond acceptors (Lipinski definition) is 6. The molecule has 1 unspecified atom stereocenters. The number of carbonyl (C=O) groups is 1. The summed E-state index contributed by atoms with van der Waals surface area (Å²) >= 11 is 0. The molecular weight excluding hydrogens is 496 g/mol. The highest BCUT2D eigenvalue weighted by Gasteiger charge is 2.43. The number of anilines is 1. The first-order valence-corrected chi connectivity index (χ1v) is 15.4. The van der Waals surface area contributed by atoms with Crippen molar-refractivity contribution in [3.63, 3.8) is 0 Å². The zero-order valence-corrected chi connectivity index (χ0v) is 24.9. The van der Waals surface area contributed by atoms with Crippen molar-refractivity contribution >= 4 is 11.6 Å². The minimum atomic E-state index is 0.118. The number of nitrogens with zero attached hydrogens (tertiary/aromatic N) is 5. The number of para-hydroxylation sites is 1. The first-order valence-electron chi connectivity index (χ1n) is 15.4. The minimum absolute atomic E-state index is 0.118. The topological polar surface area (TPSA) is 75.8 Å². The molecule has 1 aromatic rings. The van der Waals surface area contributed by atoms with Gasteiger partial charge in [-0.25, -0.2) is 0 Å². The van der Waals surface area contributed by atoms with E-state index in [0.717, 1.165) is 71.4 Å². The number of piperidine rings is 2. The standard InChI is InChI=1S/C33H46N6O/c1-5-8-12-30-32(28-21-35-28)26-16-19-38(31(40)23-36(6-2)7-3)22-27(26)33(37-17-14-25(20-34)15-18-37)39(30)29-13-10-9-11-24(29)4/h9-13,25,28,35H,5-8,14-19,21-23H2,1-4H3/b30-12+. The number of nitrogens with one attached hydrogen (secondary N) is 1. The van der Waals surface area contributed by atoms with Gasteiger partial charge in [0.05, 0.1) is 18.3 Å². The Bertz CT molecular complexity index is 1220. The van der Waals surface area contributed by atoms with Gasteiger partial charge in [-0.1, -0.05) is 51.5 Å². The molecule has 40 heavy (non-hydrogen) atoms. The molecule has 3 fully saturated rings. The highest BCUT2D eigenvalue weighted by atomic mass is 16.2. The summed E-state index contributed by atoms with van der Waals surface area (Å²) in [6, 6.07) is 11.6. The second-order valence-electron chi connectivity index (χ2n) is 11.6. The fraction of sp³-hybridized carbons (Fsp3) is 0.576. The lowest BCUT2D eigenvalue weighted by molar-refractivity contribution is -0.132. The van der Waals surface area contributed by atoms with E-state index >= 15 is 0 Å². The van der Waals surface area contributed by atoms with Crippen LogP contribution < -0.4 is 10.2 Å². The van der Waals surface area contributed by atoms with Crippen LogP contribution >= 0.6 is 0 Å². The summed E-state index contributed by atoms with van der Waals surface area (Å²) in [7, 11) is 0. The number of likely N-dealkylation sites (N-methyl/N-ethyl adjacent to an activating group) is 1. The van der Waals surface area contributed by atoms with E-state index in [1.54, 1.807) is 0 Å². The van der Waals surface area contributed by atoms with Crippen LogP contribution in [0.3, 0.4) is 0 Å². The molecule has 0 saturated carbocycles. The molecule has 5 rings (SSSR count). The van der Waals surface area contributed by atoms with Crippen LogP contribution in [0.5, 0.6) is 0 Å². The normalized spacial score (nSPS) is 22.8. The Hall–Kier alpha value is -3.08. The molecule has 0 bridgehead atoms. The Balaban J connectivity index is 1.66. The summed E-state index contributed by atoms with van der Waals surface area (Å²) in [4.78, 5) is 22.9. The number of aryl methyl sites for hydroxylation is 1. The average molecular weight is 543 g/mol. The third-order valence-corrected chi connectivity index (χ3v) is 8.99. The van der Waals surface area contributed by atoms with Crippen LogP contribution in [0, 0.1) is 24.2 Å². The van der Waals surface area contributed by atoms with Crippen molar-refractivity contribution in [2.45, 2.75) is 65.8 Å². The zero-order chi connectivity index (χ0) is 28.2. The van der Waals surface area contributed by atoms with Crippen LogP contribution in [0.1, 0.15) is 58.4 Å². The van der Waals surface area contributed by atoms with Crippen molar-refractivity contribution in [2.24, 2.45) is 5.92 Å². The summed E-state index contributed by atoms with van der Waals surface area (Å²) in [6.07, 6.45) is 7.21. The number of carbonyl (C=O) groups excluding carboxylic acids is 1. The zero-order valence-electron chi connectivity index (χ0n) is 24.9. The van der Waals surface area contributed by atoms with Gasteiger partial charge in [0.2, 0.25) is 5.91 Å². The van der Waals surface area contributed by atoms with Gasteiger partial charge >= 0.3 is 0 Å². The summed E-state index contributed by atoms with van der Waals surface area (Å²) in [5.41, 5.74) is 7.93. The van der Waals surface area contributed by atoms with Gasteiger partial charge in [-0.05, 0) is 68.5 Å². The van der Waals surface area contributed by atoms with E-state index in [0.29, 0.717) is 19.1 Å². The van der Waals surface area contributed by atoms with E-state index < -0.39 is 0 Å². The van der Waals surface area contributed by atoms with Crippen molar-refractivity contribution in [3.05, 3.63) is 64.1 Å². The van der Waals surface area contributed by atoms with Gasteiger partial charge in [-0.2, -0.15) is 5.26 Å². The number of benzene rings is 1. The van der Waals surface area contributed by atoms with Crippen LogP contribution in [-0.2, 0) is 4.79 Å². The Kier molecular flexibility index (Phi) is 8.97. The highest BCUT2D eigenvalue weighted by molar-refractivity contribution is 5.80. The third kappa shape index (κ3) is 5.70. The van der Waals surface area contributed by atoms with E-state index in [1.165, 1.54) is 39.5 Å². The fourth-order valence-electron chi connectivity index (χ4n) is 6.49. The molecule has 7 heteroatoms. The quantitative estimate of drug-likeness (QED) is 0.453. The smallest absolute Gasteiger partial charge is 0.237 e. The molecule has 7 nitrogen and oxygen atoms in total. The number of amides is 1. The van der Waals surface area contributed by atoms with Gasteiger partial charge in [0.25, 0.3) is 0 Å². The lowest BCUT2D eigenvalue weighted by Crippen LogP contribution is -2.49. The summed E-state index contributed by atoms with van der Waals surface area (Å²) in [5, 5.41) is 13.3. The van der Waals surface area contributed by atoms with Gasteiger partial charge in [-0.3, -0.25) is 14.6 Å². The van der Waals surface area contributed by atoms with Crippen molar-refractivity contribution < 1.29 is 4.79 Å². The second kappa shape index (κ2) is 12.6. The largest absolute Gasteiger partial charge is 0.357 e. The molecule has 1 atom stereocenters. The number of hydrogen-bond donors (Lipinski definition) is 1. The molecule has 0 aliphatic carbocycles. The fourth-order valence-corrected chi connectivity index (χ4v) is 6.49. The molecular formula is C33H46N6O. The predicted octanol–water partition coefficient (Wildman–Crippen LogP) is 4.79. The average Bonchev–Trinajstić information content (AvgIpc) is 3.83. The number of allylic oxidation sites excluding steroid dienone is 1. The molecule has 0 spiro atoms. The van der Waals surface area contributed by atoms with Crippen LogP contribution in [-0.4, -0.2) is 79.0 Å². The van der Waals surface area contributed by atoms with Crippen molar-refractivity contribution in [1.82, 2.24) is 20.0 Å². The maximum atomic E-state index is 13.6. The van der Waals surface area contributed by atoms with E-state index in [4.69, 9.17) is 0 Å². The van der Waals surface area contributed by atoms with Crippen LogP contribution in [0.25, 0.3) is 0 Å². The SMILES string of the molecule is CCC/C=C1\C(C2CN2)=C2CCN(C(=O)CN(CC)CC)CC2=C(N2CCC(C#N)CC2)N1c1ccccc1C. The molecule has 1 amide bonds. The molecule has 0 radical (unpaired) electrons. The third-order valence-electron chi connectivity index (χ3n) is 8.99. The maximum Gasteiger partial charge on any atom is 0.237 e. The molecule has 1 aromatic carbocycles. The number of unbranched alkanes of at least 4 members (excludes halogenated alkanes) is 1. The van der Waals surface area contributed by atoms with Crippen LogP contribution in [0.4, 0.5) is 5.69 Å². The van der Waals surface area contributed by atoms with Crippen LogP contribution in [0.2, 0.25) is 0 Å². The Morgan fingerprint density at radius 1 is 1.12 bits per heavy atom. The summed E-state index contributed by atoms with van der Waals surface area (Å²) in [6.45, 7) is 15.1. The van der Waals surface area contributed by atoms with Gasteiger partial charge in [0.15, 0.2) is 0 Å². The van der Waals surface area contributed by atoms with Crippen LogP contribution in [0.15, 0.2) is 58.6 Å². The Labute approximate surface area is 240 Å². The van der Waals surface area contributed by atoms with E-state index in [1.807, 2.05) is 0 Å². The Morgan fingerprint density at radius 2 is 1.85 bits per heavy atom. The molecule has 4 heterocycles. The monoisotopic (exact) mass is 542 g/mol. The molecule has 3 saturated heterocycles. The maximum absolute atomic E-state index is 13.6. The van der Waals surface area contributed by atoms with Crippen molar-refractivity contribution in [1.29, 1.82) is 5.26 Å². The first-order chi connectivity index (χ1) is 19.5. The number of nitriles is 1. The van der Waals surface area contributed by atoms with E-state index in [9.17, 15) is 10.1 Å². The Morgan fingerprint density at radius 3 is 2.48 bits per heavy atom. The van der Waals surface area contributed by atoms with Gasteiger partial charge in [0.1, 0.15) is 5.82 Å². The van der Waals surface area contributed by atoms with E-state index in [-0.39, 0.29) is 11.8 Å². The lowest BCUT2D eigenvalue weighted by Gasteiger charge is -2.48. The molecule has 1 N–H and O–H groups in total. The summed E-state index contributed by atoms with van der Waals surface area (Å²) in [5.74, 6) is 1.57. The van der Waals surface area contributed by atoms with Gasteiger partial charge in [-0.15, -0.1) is 0 Å². The first kappa shape index (κ1) is 28.4. The molecule has 214 valence electrons. The van der Waals surface area contributed by atoms with E-state index in [2.05, 4.69) is 89.0 Å². The molecule has 4 aliphatic heterocycles. The molecule has 0 aromatic heterocycles.